The SMILES string of the molecule is CCCC1=C(C)c2cc3[n-]c(cc4nc(c5c6[n-]c(cc1n2)c(CC)c6C([O-])=C5)[C@@H](CCC(=O)OC/C=C(\C)CC/C=C(\C)CCC=C(C)C)[C@@H]4C)c(C)c3C(C)O.[Mg+2]. The number of hydrogen-bond donors (Lipinski definition) is 1. The molecule has 3 atom stereocenters. The molecule has 1 unspecified atom stereocenters. The van der Waals surface area contributed by atoms with Gasteiger partial charge in [0.15, 0.2) is 0 Å². The molecule has 3 aromatic heterocycles. The van der Waals surface area contributed by atoms with Crippen molar-refractivity contribution in [3.63, 3.8) is 0 Å². The van der Waals surface area contributed by atoms with Crippen molar-refractivity contribution < 1.29 is 19.7 Å². The Kier molecular flexibility index (Phi) is 15.5. The molecular formula is C50H61MgN4O4-. The Balaban J connectivity index is 0.00000661. The van der Waals surface area contributed by atoms with Gasteiger partial charge in [0.05, 0.1) is 23.2 Å². The van der Waals surface area contributed by atoms with Crippen LogP contribution in [0.25, 0.3) is 45.0 Å². The summed E-state index contributed by atoms with van der Waals surface area (Å²) in [5, 5.41) is 24.9. The van der Waals surface area contributed by atoms with Crippen molar-refractivity contribution in [3.05, 3.63) is 104 Å². The molecule has 0 fully saturated rings. The van der Waals surface area contributed by atoms with E-state index in [-0.39, 0.29) is 59.6 Å². The molecule has 8 bridgehead atoms. The molecule has 9 heteroatoms. The number of fused-ring (bicyclic) bond motifs is 8. The normalized spacial score (nSPS) is 16.9. The van der Waals surface area contributed by atoms with Crippen LogP contribution in [0.5, 0.6) is 0 Å². The Morgan fingerprint density at radius 1 is 0.932 bits per heavy atom. The fraction of sp³-hybridized carbons (Fsp3) is 0.460. The molecule has 59 heavy (non-hydrogen) atoms. The van der Waals surface area contributed by atoms with Gasteiger partial charge >= 0.3 is 29.0 Å². The zero-order valence-electron chi connectivity index (χ0n) is 37.0. The summed E-state index contributed by atoms with van der Waals surface area (Å²) in [4.78, 5) is 33.8. The van der Waals surface area contributed by atoms with Crippen LogP contribution in [-0.2, 0) is 16.0 Å². The number of aliphatic hydroxyl groups is 1. The third kappa shape index (κ3) is 10.1. The average molecular weight is 806 g/mol. The Labute approximate surface area is 367 Å². The third-order valence-corrected chi connectivity index (χ3v) is 12.1. The monoisotopic (exact) mass is 805 g/mol. The van der Waals surface area contributed by atoms with E-state index >= 15 is 0 Å². The summed E-state index contributed by atoms with van der Waals surface area (Å²) in [5.74, 6) is -0.563. The summed E-state index contributed by atoms with van der Waals surface area (Å²) in [6.45, 7) is 21.0. The number of nitrogens with zero attached hydrogens (tertiary/aromatic N) is 4. The molecule has 3 aliphatic rings. The Hall–Kier alpha value is -4.18. The maximum Gasteiger partial charge on any atom is 2.00 e. The number of ether oxygens (including phenoxy) is 1. The van der Waals surface area contributed by atoms with Crippen molar-refractivity contribution >= 4 is 74.1 Å². The van der Waals surface area contributed by atoms with Gasteiger partial charge in [-0.1, -0.05) is 91.5 Å². The number of rotatable bonds is 15. The minimum atomic E-state index is -0.739. The van der Waals surface area contributed by atoms with Crippen LogP contribution in [0.4, 0.5) is 0 Å². The van der Waals surface area contributed by atoms with Crippen LogP contribution >= 0.6 is 0 Å². The van der Waals surface area contributed by atoms with Gasteiger partial charge in [-0.15, -0.1) is 27.8 Å². The van der Waals surface area contributed by atoms with E-state index in [1.165, 1.54) is 16.7 Å². The maximum absolute atomic E-state index is 13.8. The number of hydrogen-bond acceptors (Lipinski definition) is 6. The molecule has 0 radical (unpaired) electrons. The third-order valence-electron chi connectivity index (χ3n) is 12.1. The fourth-order valence-corrected chi connectivity index (χ4v) is 8.69. The number of aromatic nitrogens is 4. The molecule has 1 N–H and O–H groups in total. The van der Waals surface area contributed by atoms with Gasteiger partial charge in [-0.05, 0) is 127 Å². The van der Waals surface area contributed by atoms with E-state index in [4.69, 9.17) is 24.7 Å². The average Bonchev–Trinajstić information content (AvgIpc) is 3.93. The maximum atomic E-state index is 13.8. The molecule has 5 heterocycles. The first-order valence-electron chi connectivity index (χ1n) is 21.3. The molecule has 0 saturated heterocycles. The van der Waals surface area contributed by atoms with Gasteiger partial charge in [-0.25, -0.2) is 4.98 Å². The van der Waals surface area contributed by atoms with Gasteiger partial charge < -0.3 is 24.9 Å². The summed E-state index contributed by atoms with van der Waals surface area (Å²) >= 11 is 0. The van der Waals surface area contributed by atoms with Crippen LogP contribution in [0.1, 0.15) is 182 Å². The summed E-state index contributed by atoms with van der Waals surface area (Å²) in [5.41, 5.74) is 16.2. The molecule has 0 spiro atoms. The number of carbonyl (C=O) groups is 1. The van der Waals surface area contributed by atoms with Gasteiger partial charge in [0, 0.05) is 24.0 Å². The minimum absolute atomic E-state index is 0. The number of carbonyl (C=O) groups excluding carboxylic acids is 1. The standard InChI is InChI=1S/C50H62N4O4.Mg/c1-11-15-36-31(7)39-26-44-47(34(10)55)33(9)41(52-44)25-40-32(8)37(20-21-46(57)58-23-22-30(6)19-14-18-29(5)17-13-16-28(3)4)49(53-40)38-24-45(56)48-35(12-2)42(54-50(38)48)27-43(36)51-39;/h16,18,22,24-27,32,34,37,55H,11-15,17,19-21,23H2,1-10H3,(H-2,51,52,53,54,56);/q-2;+2/p-1/b29-18+,30-22+;/t32-,34?,37-;/m0./s1. The van der Waals surface area contributed by atoms with Crippen LogP contribution in [-0.4, -0.2) is 50.7 Å². The van der Waals surface area contributed by atoms with Crippen molar-refractivity contribution in [2.45, 2.75) is 145 Å². The van der Waals surface area contributed by atoms with Gasteiger partial charge in [0.2, 0.25) is 0 Å². The molecular weight excluding hydrogens is 745 g/mol. The quantitative estimate of drug-likeness (QED) is 0.0915. The number of aryl methyl sites for hydroxylation is 2. The molecule has 8 nitrogen and oxygen atoms in total. The van der Waals surface area contributed by atoms with Crippen LogP contribution in [0.3, 0.4) is 0 Å². The van der Waals surface area contributed by atoms with Gasteiger partial charge in [-0.2, -0.15) is 0 Å². The van der Waals surface area contributed by atoms with Crippen molar-refractivity contribution in [1.29, 1.82) is 0 Å². The van der Waals surface area contributed by atoms with E-state index < -0.39 is 6.10 Å². The molecule has 6 rings (SSSR count). The Bertz CT molecular complexity index is 2400. The Morgan fingerprint density at radius 2 is 1.63 bits per heavy atom. The van der Waals surface area contributed by atoms with E-state index in [0.29, 0.717) is 29.4 Å². The number of allylic oxidation sites excluding steroid dienone is 7. The number of aliphatic hydroxyl groups excluding tert-OH is 1. The van der Waals surface area contributed by atoms with Crippen molar-refractivity contribution in [2.75, 3.05) is 6.61 Å². The van der Waals surface area contributed by atoms with Crippen molar-refractivity contribution in [1.82, 2.24) is 19.9 Å². The zero-order chi connectivity index (χ0) is 41.8. The Morgan fingerprint density at radius 3 is 2.31 bits per heavy atom. The van der Waals surface area contributed by atoms with E-state index in [2.05, 4.69) is 67.5 Å². The summed E-state index contributed by atoms with van der Waals surface area (Å²) < 4.78 is 5.73. The minimum Gasteiger partial charge on any atom is -0.872 e. The molecule has 3 aromatic rings. The van der Waals surface area contributed by atoms with E-state index in [0.717, 1.165) is 106 Å². The van der Waals surface area contributed by atoms with Crippen molar-refractivity contribution in [2.24, 2.45) is 0 Å². The topological polar surface area (TPSA) is 124 Å². The molecule has 2 aliphatic heterocycles. The number of esters is 1. The summed E-state index contributed by atoms with van der Waals surface area (Å²) in [6, 6.07) is 6.03. The zero-order valence-corrected chi connectivity index (χ0v) is 38.4. The second-order valence-corrected chi connectivity index (χ2v) is 16.7. The van der Waals surface area contributed by atoms with Crippen molar-refractivity contribution in [3.8, 4) is 0 Å². The second-order valence-electron chi connectivity index (χ2n) is 16.7. The predicted octanol–water partition coefficient (Wildman–Crippen LogP) is 10.6. The molecule has 0 saturated carbocycles. The van der Waals surface area contributed by atoms with Gasteiger partial charge in [0.25, 0.3) is 0 Å². The predicted molar refractivity (Wildman–Crippen MR) is 241 cm³/mol. The van der Waals surface area contributed by atoms with Gasteiger partial charge in [0.1, 0.15) is 6.61 Å². The van der Waals surface area contributed by atoms with E-state index in [1.807, 2.05) is 31.2 Å². The second kappa shape index (κ2) is 19.9. The summed E-state index contributed by atoms with van der Waals surface area (Å²) in [6.07, 6.45) is 14.7. The first-order valence-corrected chi connectivity index (χ1v) is 21.3. The first kappa shape index (κ1) is 45.9. The van der Waals surface area contributed by atoms with E-state index in [1.54, 1.807) is 13.0 Å². The van der Waals surface area contributed by atoms with Crippen LogP contribution in [0.15, 0.2) is 53.1 Å². The molecule has 308 valence electrons. The van der Waals surface area contributed by atoms with Crippen LogP contribution < -0.4 is 15.1 Å². The summed E-state index contributed by atoms with van der Waals surface area (Å²) in [7, 11) is 0. The largest absolute Gasteiger partial charge is 2.00 e. The smallest absolute Gasteiger partial charge is 0.872 e. The molecule has 0 aromatic carbocycles. The van der Waals surface area contributed by atoms with Gasteiger partial charge in [-0.3, -0.25) is 9.78 Å². The molecule has 1 aliphatic carbocycles. The van der Waals surface area contributed by atoms with Crippen LogP contribution in [0, 0.1) is 6.92 Å². The first-order chi connectivity index (χ1) is 27.7. The van der Waals surface area contributed by atoms with Crippen LogP contribution in [0.2, 0.25) is 0 Å². The molecule has 0 amide bonds. The fourth-order valence-electron chi connectivity index (χ4n) is 8.69. The van der Waals surface area contributed by atoms with E-state index in [9.17, 15) is 15.0 Å².